The van der Waals surface area contributed by atoms with Crippen molar-refractivity contribution < 1.29 is 21.6 Å². The van der Waals surface area contributed by atoms with Gasteiger partial charge in [-0.05, 0) is 18.2 Å². The van der Waals surface area contributed by atoms with Crippen LogP contribution in [0.15, 0.2) is 44.8 Å². The molecule has 118 valence electrons. The summed E-state index contributed by atoms with van der Waals surface area (Å²) in [6.45, 7) is 0. The molecule has 1 aromatic heterocycles. The van der Waals surface area contributed by atoms with Crippen LogP contribution < -0.4 is 11.2 Å². The Kier molecular flexibility index (Phi) is 3.92. The molecule has 1 N–H and O–H groups in total. The van der Waals surface area contributed by atoms with Crippen LogP contribution in [0.1, 0.15) is 5.69 Å². The number of benzene rings is 1. The van der Waals surface area contributed by atoms with Gasteiger partial charge in [0.15, 0.2) is 0 Å². The lowest BCUT2D eigenvalue weighted by Gasteiger charge is -2.09. The molecule has 0 saturated heterocycles. The number of rotatable bonds is 2. The third-order valence-electron chi connectivity index (χ3n) is 2.60. The van der Waals surface area contributed by atoms with Gasteiger partial charge in [-0.15, -0.1) is 0 Å². The maximum atomic E-state index is 12.5. The van der Waals surface area contributed by atoms with Gasteiger partial charge in [0.25, 0.3) is 14.6 Å². The van der Waals surface area contributed by atoms with Crippen LogP contribution in [-0.2, 0) is 15.2 Å². The highest BCUT2D eigenvalue weighted by Gasteiger charge is 2.33. The molecular weight excluding hydrogens is 349 g/mol. The van der Waals surface area contributed by atoms with E-state index in [1.54, 1.807) is 0 Å². The zero-order chi connectivity index (χ0) is 16.7. The van der Waals surface area contributed by atoms with Crippen molar-refractivity contribution >= 4 is 19.7 Å². The minimum atomic E-state index is -4.89. The lowest BCUT2D eigenvalue weighted by Crippen LogP contribution is -2.35. The van der Waals surface area contributed by atoms with Gasteiger partial charge in [0.1, 0.15) is 5.69 Å². The Hall–Kier alpha value is -2.07. The van der Waals surface area contributed by atoms with Crippen molar-refractivity contribution in [2.24, 2.45) is 0 Å². The Morgan fingerprint density at radius 3 is 2.27 bits per heavy atom. The number of nitrogens with one attached hydrogen (secondary N) is 1. The molecule has 1 heterocycles. The minimum Gasteiger partial charge on any atom is -0.303 e. The molecule has 0 amide bonds. The van der Waals surface area contributed by atoms with E-state index in [0.717, 1.165) is 12.1 Å². The molecule has 2 rings (SSSR count). The summed E-state index contributed by atoms with van der Waals surface area (Å²) in [6.07, 6.45) is -4.89. The average Bonchev–Trinajstić information content (AvgIpc) is 2.36. The summed E-state index contributed by atoms with van der Waals surface area (Å²) >= 11 is 0. The van der Waals surface area contributed by atoms with Gasteiger partial charge >= 0.3 is 11.9 Å². The quantitative estimate of drug-likeness (QED) is 0.827. The van der Waals surface area contributed by atoms with Crippen molar-refractivity contribution in [1.29, 1.82) is 0 Å². The smallest absolute Gasteiger partial charge is 0.303 e. The molecule has 0 saturated carbocycles. The number of aromatic amines is 1. The first-order valence-corrected chi connectivity index (χ1v) is 7.80. The molecule has 0 aliphatic carbocycles. The van der Waals surface area contributed by atoms with Crippen LogP contribution in [-0.4, -0.2) is 18.0 Å². The average molecular weight is 355 g/mol. The van der Waals surface area contributed by atoms with Crippen molar-refractivity contribution in [2.45, 2.75) is 11.1 Å². The summed E-state index contributed by atoms with van der Waals surface area (Å²) in [5.74, 6) is 0. The fraction of sp³-hybridized carbons (Fsp3) is 0.0909. The summed E-state index contributed by atoms with van der Waals surface area (Å²) in [4.78, 5) is 24.5. The first-order chi connectivity index (χ1) is 10.00. The third kappa shape index (κ3) is 3.22. The van der Waals surface area contributed by atoms with Crippen molar-refractivity contribution in [2.75, 3.05) is 0 Å². The highest BCUT2D eigenvalue weighted by Crippen LogP contribution is 2.25. The Morgan fingerprint density at radius 1 is 1.14 bits per heavy atom. The summed E-state index contributed by atoms with van der Waals surface area (Å²) in [6, 6.07) is 4.56. The van der Waals surface area contributed by atoms with Crippen molar-refractivity contribution in [3.05, 3.63) is 56.9 Å². The van der Waals surface area contributed by atoms with Gasteiger partial charge in [-0.2, -0.15) is 13.2 Å². The molecule has 22 heavy (non-hydrogen) atoms. The third-order valence-corrected chi connectivity index (χ3v) is 3.95. The highest BCUT2D eigenvalue weighted by molar-refractivity contribution is 8.13. The summed E-state index contributed by atoms with van der Waals surface area (Å²) < 4.78 is 60.3. The fourth-order valence-corrected chi connectivity index (χ4v) is 2.46. The number of alkyl halides is 3. The van der Waals surface area contributed by atoms with E-state index in [-0.39, 0.29) is 11.8 Å². The zero-order valence-electron chi connectivity index (χ0n) is 10.4. The topological polar surface area (TPSA) is 89.0 Å². The van der Waals surface area contributed by atoms with E-state index in [1.807, 2.05) is 0 Å². The second-order valence-corrected chi connectivity index (χ2v) is 6.66. The van der Waals surface area contributed by atoms with E-state index >= 15 is 0 Å². The Bertz CT molecular complexity index is 916. The lowest BCUT2D eigenvalue weighted by atomic mass is 10.3. The van der Waals surface area contributed by atoms with Gasteiger partial charge < -0.3 is 4.98 Å². The zero-order valence-corrected chi connectivity index (χ0v) is 12.0. The highest BCUT2D eigenvalue weighted by atomic mass is 35.7. The SMILES string of the molecule is O=c1cc(C(F)(F)F)[nH]c(=O)n1-c1cccc(S(=O)(=O)Cl)c1. The molecule has 2 aromatic rings. The van der Waals surface area contributed by atoms with Crippen LogP contribution >= 0.6 is 10.7 Å². The lowest BCUT2D eigenvalue weighted by molar-refractivity contribution is -0.141. The van der Waals surface area contributed by atoms with Gasteiger partial charge in [0.05, 0.1) is 10.6 Å². The summed E-state index contributed by atoms with van der Waals surface area (Å²) in [7, 11) is 1.01. The van der Waals surface area contributed by atoms with E-state index in [0.29, 0.717) is 4.57 Å². The van der Waals surface area contributed by atoms with Gasteiger partial charge in [-0.1, -0.05) is 6.07 Å². The Balaban J connectivity index is 2.70. The molecule has 0 aliphatic rings. The van der Waals surface area contributed by atoms with Crippen LogP contribution in [0.25, 0.3) is 5.69 Å². The Morgan fingerprint density at radius 2 is 1.77 bits per heavy atom. The molecule has 0 radical (unpaired) electrons. The number of H-pyrrole nitrogens is 1. The van der Waals surface area contributed by atoms with E-state index < -0.39 is 37.1 Å². The minimum absolute atomic E-state index is 0.198. The van der Waals surface area contributed by atoms with Crippen LogP contribution in [0.4, 0.5) is 13.2 Å². The number of nitrogens with zero attached hydrogens (tertiary/aromatic N) is 1. The van der Waals surface area contributed by atoms with E-state index in [9.17, 15) is 31.2 Å². The molecule has 0 fully saturated rings. The standard InChI is InChI=1S/C11H6ClF3N2O4S/c12-22(20,21)7-3-1-2-6(4-7)17-9(18)5-8(11(13,14)15)16-10(17)19/h1-5H,(H,16,19). The molecule has 0 bridgehead atoms. The second kappa shape index (κ2) is 5.29. The first kappa shape index (κ1) is 16.3. The van der Waals surface area contributed by atoms with Gasteiger partial charge in [0, 0.05) is 16.7 Å². The molecule has 6 nitrogen and oxygen atoms in total. The number of halogens is 4. The van der Waals surface area contributed by atoms with Crippen LogP contribution in [0.2, 0.25) is 0 Å². The molecule has 1 aromatic carbocycles. The van der Waals surface area contributed by atoms with Crippen LogP contribution in [0.3, 0.4) is 0 Å². The second-order valence-electron chi connectivity index (χ2n) is 4.09. The van der Waals surface area contributed by atoms with Crippen molar-refractivity contribution in [3.8, 4) is 5.69 Å². The summed E-state index contributed by atoms with van der Waals surface area (Å²) in [5, 5.41) is 0. The monoisotopic (exact) mass is 354 g/mol. The van der Waals surface area contributed by atoms with Gasteiger partial charge in [-0.3, -0.25) is 4.79 Å². The number of hydrogen-bond acceptors (Lipinski definition) is 4. The van der Waals surface area contributed by atoms with Crippen molar-refractivity contribution in [1.82, 2.24) is 9.55 Å². The van der Waals surface area contributed by atoms with Gasteiger partial charge in [-0.25, -0.2) is 17.8 Å². The van der Waals surface area contributed by atoms with E-state index in [4.69, 9.17) is 10.7 Å². The molecule has 11 heteroatoms. The normalized spacial score (nSPS) is 12.4. The predicted octanol–water partition coefficient (Wildman–Crippen LogP) is 1.47. The van der Waals surface area contributed by atoms with E-state index in [2.05, 4.69) is 0 Å². The molecule has 0 unspecified atom stereocenters. The fourth-order valence-electron chi connectivity index (χ4n) is 1.67. The molecule has 0 atom stereocenters. The largest absolute Gasteiger partial charge is 0.431 e. The maximum absolute atomic E-state index is 12.5. The molecule has 0 aliphatic heterocycles. The molecular formula is C11H6ClF3N2O4S. The molecule has 0 spiro atoms. The van der Waals surface area contributed by atoms with Crippen LogP contribution in [0.5, 0.6) is 0 Å². The first-order valence-electron chi connectivity index (χ1n) is 5.49. The summed E-state index contributed by atoms with van der Waals surface area (Å²) in [5.41, 5.74) is -4.36. The Labute approximate surface area is 125 Å². The van der Waals surface area contributed by atoms with E-state index in [1.165, 1.54) is 17.1 Å². The van der Waals surface area contributed by atoms with Crippen molar-refractivity contribution in [3.63, 3.8) is 0 Å². The number of hydrogen-bond donors (Lipinski definition) is 1. The maximum Gasteiger partial charge on any atom is 0.431 e. The van der Waals surface area contributed by atoms with Crippen LogP contribution in [0, 0.1) is 0 Å². The predicted molar refractivity (Wildman–Crippen MR) is 70.7 cm³/mol. The number of aromatic nitrogens is 2. The van der Waals surface area contributed by atoms with Gasteiger partial charge in [0.2, 0.25) is 0 Å².